The summed E-state index contributed by atoms with van der Waals surface area (Å²) in [6.07, 6.45) is 4.96. The van der Waals surface area contributed by atoms with Gasteiger partial charge in [0.05, 0.1) is 11.4 Å². The van der Waals surface area contributed by atoms with Crippen molar-refractivity contribution in [3.8, 4) is 0 Å². The predicted octanol–water partition coefficient (Wildman–Crippen LogP) is 1.89. The molecule has 2 atom stereocenters. The van der Waals surface area contributed by atoms with Crippen LogP contribution < -0.4 is 0 Å². The lowest BCUT2D eigenvalue weighted by molar-refractivity contribution is 0.222. The molecule has 1 saturated carbocycles. The summed E-state index contributed by atoms with van der Waals surface area (Å²) in [5.74, 6) is 0. The van der Waals surface area contributed by atoms with E-state index in [1.165, 1.54) is 0 Å². The molecule has 2 unspecified atom stereocenters. The summed E-state index contributed by atoms with van der Waals surface area (Å²) in [6, 6.07) is 0. The van der Waals surface area contributed by atoms with E-state index in [4.69, 9.17) is 4.18 Å². The molecule has 0 aromatic rings. The topological polar surface area (TPSA) is 43.4 Å². The summed E-state index contributed by atoms with van der Waals surface area (Å²) in [4.78, 5) is 0. The smallest absolute Gasteiger partial charge is 0.267 e. The highest BCUT2D eigenvalue weighted by Crippen LogP contribution is 2.25. The molecule has 4 heteroatoms. The summed E-state index contributed by atoms with van der Waals surface area (Å²) >= 11 is 0. The largest absolute Gasteiger partial charge is 0.270 e. The first kappa shape index (κ1) is 11.0. The minimum atomic E-state index is -3.33. The lowest BCUT2D eigenvalue weighted by atomic mass is 10.3. The highest BCUT2D eigenvalue weighted by molar-refractivity contribution is 7.87. The van der Waals surface area contributed by atoms with Crippen LogP contribution in [-0.4, -0.2) is 19.8 Å². The Morgan fingerprint density at radius 3 is 2.77 bits per heavy atom. The Balaban J connectivity index is 2.54. The Kier molecular flexibility index (Phi) is 3.74. The van der Waals surface area contributed by atoms with Crippen molar-refractivity contribution in [2.24, 2.45) is 0 Å². The van der Waals surface area contributed by atoms with Crippen LogP contribution in [0.15, 0.2) is 0 Å². The van der Waals surface area contributed by atoms with E-state index < -0.39 is 10.1 Å². The Morgan fingerprint density at radius 1 is 1.62 bits per heavy atom. The summed E-state index contributed by atoms with van der Waals surface area (Å²) in [7, 11) is -3.33. The van der Waals surface area contributed by atoms with Crippen LogP contribution in [0.3, 0.4) is 0 Å². The first-order valence-electron chi connectivity index (χ1n) is 4.81. The summed E-state index contributed by atoms with van der Waals surface area (Å²) in [6.45, 7) is 3.70. The molecule has 3 nitrogen and oxygen atoms in total. The van der Waals surface area contributed by atoms with E-state index in [0.717, 1.165) is 25.7 Å². The van der Waals surface area contributed by atoms with Crippen LogP contribution in [0.2, 0.25) is 0 Å². The van der Waals surface area contributed by atoms with Crippen LogP contribution in [0.25, 0.3) is 0 Å². The van der Waals surface area contributed by atoms with Crippen molar-refractivity contribution in [1.82, 2.24) is 0 Å². The van der Waals surface area contributed by atoms with Gasteiger partial charge < -0.3 is 0 Å². The molecule has 1 aliphatic carbocycles. The molecule has 0 saturated heterocycles. The van der Waals surface area contributed by atoms with Crippen molar-refractivity contribution in [1.29, 1.82) is 0 Å². The molecule has 0 spiro atoms. The third-order valence-corrected chi connectivity index (χ3v) is 4.13. The van der Waals surface area contributed by atoms with E-state index in [-0.39, 0.29) is 11.4 Å². The van der Waals surface area contributed by atoms with Crippen molar-refractivity contribution in [3.05, 3.63) is 6.42 Å². The van der Waals surface area contributed by atoms with Crippen LogP contribution in [0.4, 0.5) is 0 Å². The highest BCUT2D eigenvalue weighted by atomic mass is 32.2. The van der Waals surface area contributed by atoms with Crippen LogP contribution in [0.1, 0.15) is 39.5 Å². The summed E-state index contributed by atoms with van der Waals surface area (Å²) in [5, 5.41) is -0.360. The molecule has 0 bridgehead atoms. The summed E-state index contributed by atoms with van der Waals surface area (Å²) in [5.41, 5.74) is 0. The molecule has 0 N–H and O–H groups in total. The number of hydrogen-bond acceptors (Lipinski definition) is 3. The van der Waals surface area contributed by atoms with Gasteiger partial charge in [0.2, 0.25) is 0 Å². The van der Waals surface area contributed by atoms with Gasteiger partial charge in [-0.2, -0.15) is 8.42 Å². The third-order valence-electron chi connectivity index (χ3n) is 2.37. The predicted molar refractivity (Wildman–Crippen MR) is 51.7 cm³/mol. The van der Waals surface area contributed by atoms with E-state index in [0.29, 0.717) is 0 Å². The zero-order chi connectivity index (χ0) is 9.90. The van der Waals surface area contributed by atoms with Gasteiger partial charge in [-0.25, -0.2) is 0 Å². The van der Waals surface area contributed by atoms with E-state index in [1.807, 2.05) is 13.3 Å². The van der Waals surface area contributed by atoms with E-state index in [1.54, 1.807) is 6.92 Å². The van der Waals surface area contributed by atoms with Gasteiger partial charge in [-0.1, -0.05) is 13.3 Å². The maximum atomic E-state index is 11.5. The van der Waals surface area contributed by atoms with E-state index in [2.05, 4.69) is 0 Å². The molecular formula is C9H17O3S. The molecule has 1 rings (SSSR count). The lowest BCUT2D eigenvalue weighted by Gasteiger charge is -2.14. The first-order valence-corrected chi connectivity index (χ1v) is 6.29. The van der Waals surface area contributed by atoms with Crippen LogP contribution in [-0.2, 0) is 14.3 Å². The zero-order valence-corrected chi connectivity index (χ0v) is 9.01. The van der Waals surface area contributed by atoms with Crippen LogP contribution in [0.5, 0.6) is 0 Å². The number of hydrogen-bond donors (Lipinski definition) is 0. The Bertz CT molecular complexity index is 240. The van der Waals surface area contributed by atoms with Crippen molar-refractivity contribution in [3.63, 3.8) is 0 Å². The van der Waals surface area contributed by atoms with Crippen molar-refractivity contribution < 1.29 is 12.6 Å². The zero-order valence-electron chi connectivity index (χ0n) is 8.19. The number of rotatable bonds is 4. The maximum Gasteiger partial charge on any atom is 0.270 e. The highest BCUT2D eigenvalue weighted by Gasteiger charge is 2.30. The van der Waals surface area contributed by atoms with Gasteiger partial charge in [0, 0.05) is 0 Å². The minimum absolute atomic E-state index is 0.195. The van der Waals surface area contributed by atoms with Crippen molar-refractivity contribution in [2.45, 2.75) is 50.9 Å². The second-order valence-corrected chi connectivity index (χ2v) is 5.30. The second kappa shape index (κ2) is 4.42. The normalized spacial score (nSPS) is 22.0. The van der Waals surface area contributed by atoms with Gasteiger partial charge in [-0.05, 0) is 32.6 Å². The molecule has 0 heterocycles. The van der Waals surface area contributed by atoms with Gasteiger partial charge in [0.1, 0.15) is 0 Å². The van der Waals surface area contributed by atoms with Crippen LogP contribution >= 0.6 is 0 Å². The fraction of sp³-hybridized carbons (Fsp3) is 0.889. The first-order chi connectivity index (χ1) is 6.06. The minimum Gasteiger partial charge on any atom is -0.267 e. The molecule has 1 aliphatic rings. The average Bonchev–Trinajstić information content (AvgIpc) is 2.55. The molecule has 0 aromatic heterocycles. The van der Waals surface area contributed by atoms with Crippen LogP contribution in [0, 0.1) is 6.42 Å². The van der Waals surface area contributed by atoms with Gasteiger partial charge in [-0.3, -0.25) is 4.18 Å². The molecule has 1 fully saturated rings. The molecule has 0 aliphatic heterocycles. The van der Waals surface area contributed by atoms with Gasteiger partial charge in [0.15, 0.2) is 0 Å². The molecule has 13 heavy (non-hydrogen) atoms. The lowest BCUT2D eigenvalue weighted by Crippen LogP contribution is -2.24. The molecule has 0 aromatic carbocycles. The third kappa shape index (κ3) is 2.95. The molecule has 77 valence electrons. The van der Waals surface area contributed by atoms with Gasteiger partial charge >= 0.3 is 0 Å². The van der Waals surface area contributed by atoms with E-state index in [9.17, 15) is 8.42 Å². The summed E-state index contributed by atoms with van der Waals surface area (Å²) < 4.78 is 28.1. The standard InChI is InChI=1S/C9H17O3S/c1-3-8(2)12-13(10,11)9-6-4-5-7-9/h6,8-9H,3-5,7H2,1-2H3. The average molecular weight is 205 g/mol. The van der Waals surface area contributed by atoms with Gasteiger partial charge in [0.25, 0.3) is 10.1 Å². The Hall–Kier alpha value is -0.0900. The Morgan fingerprint density at radius 2 is 2.31 bits per heavy atom. The van der Waals surface area contributed by atoms with Crippen molar-refractivity contribution >= 4 is 10.1 Å². The quantitative estimate of drug-likeness (QED) is 0.658. The Labute approximate surface area is 80.6 Å². The fourth-order valence-electron chi connectivity index (χ4n) is 1.37. The monoisotopic (exact) mass is 205 g/mol. The molecular weight excluding hydrogens is 188 g/mol. The SMILES string of the molecule is CCC(C)OS(=O)(=O)C1[CH]CCC1. The molecule has 0 amide bonds. The molecule has 1 radical (unpaired) electrons. The van der Waals surface area contributed by atoms with Gasteiger partial charge in [-0.15, -0.1) is 0 Å². The van der Waals surface area contributed by atoms with Crippen molar-refractivity contribution in [2.75, 3.05) is 0 Å². The fourth-order valence-corrected chi connectivity index (χ4v) is 2.94. The maximum absolute atomic E-state index is 11.5. The van der Waals surface area contributed by atoms with E-state index >= 15 is 0 Å². The second-order valence-electron chi connectivity index (χ2n) is 3.51.